The van der Waals surface area contributed by atoms with Gasteiger partial charge >= 0.3 is 12.4 Å². The van der Waals surface area contributed by atoms with Crippen LogP contribution in [0.2, 0.25) is 0 Å². The van der Waals surface area contributed by atoms with E-state index in [0.717, 1.165) is 38.9 Å². The second kappa shape index (κ2) is 10.1. The van der Waals surface area contributed by atoms with Gasteiger partial charge in [-0.25, -0.2) is 0 Å². The Morgan fingerprint density at radius 2 is 1.77 bits per heavy atom. The van der Waals surface area contributed by atoms with Gasteiger partial charge in [-0.2, -0.15) is 26.3 Å². The van der Waals surface area contributed by atoms with Crippen LogP contribution in [-0.2, 0) is 28.4 Å². The molecule has 1 aromatic rings. The molecular formula is C27H35F6N3O3. The molecule has 1 saturated carbocycles. The SMILES string of the molecule is CC(C)N1CCN([C@@H]2CC[C@@](C(=O)N3COc4c(cc(C(F)(F)F)cc4C(F)(F)F)C3)(C3CC3)OC2)C[C@@H]1C. The summed E-state index contributed by atoms with van der Waals surface area (Å²) in [5.41, 5.74) is -4.35. The van der Waals surface area contributed by atoms with Gasteiger partial charge < -0.3 is 14.4 Å². The molecule has 3 atom stereocenters. The monoisotopic (exact) mass is 563 g/mol. The molecule has 0 spiro atoms. The minimum absolute atomic E-state index is 0.0173. The fraction of sp³-hybridized carbons (Fsp3) is 0.741. The van der Waals surface area contributed by atoms with Crippen LogP contribution in [0.1, 0.15) is 63.1 Å². The fourth-order valence-electron chi connectivity index (χ4n) is 6.53. The third-order valence-corrected chi connectivity index (χ3v) is 8.68. The molecule has 6 nitrogen and oxygen atoms in total. The summed E-state index contributed by atoms with van der Waals surface area (Å²) in [6, 6.07) is 1.71. The molecule has 3 fully saturated rings. The van der Waals surface area contributed by atoms with Gasteiger partial charge in [-0.3, -0.25) is 14.6 Å². The number of fused-ring (bicyclic) bond motifs is 1. The van der Waals surface area contributed by atoms with Crippen LogP contribution in [0.5, 0.6) is 5.75 Å². The zero-order valence-corrected chi connectivity index (χ0v) is 22.4. The van der Waals surface area contributed by atoms with Crippen LogP contribution in [0.3, 0.4) is 0 Å². The van der Waals surface area contributed by atoms with Crippen molar-refractivity contribution in [3.8, 4) is 5.75 Å². The lowest BCUT2D eigenvalue weighted by molar-refractivity contribution is -0.181. The van der Waals surface area contributed by atoms with E-state index in [9.17, 15) is 31.1 Å². The highest BCUT2D eigenvalue weighted by atomic mass is 19.4. The van der Waals surface area contributed by atoms with Crippen LogP contribution in [0.4, 0.5) is 26.3 Å². The number of halogens is 6. The van der Waals surface area contributed by atoms with E-state index < -0.39 is 54.0 Å². The van der Waals surface area contributed by atoms with E-state index in [0.29, 0.717) is 31.2 Å². The number of hydrogen-bond donors (Lipinski definition) is 0. The van der Waals surface area contributed by atoms with E-state index in [1.807, 2.05) is 0 Å². The molecule has 39 heavy (non-hydrogen) atoms. The highest BCUT2D eigenvalue weighted by molar-refractivity contribution is 5.86. The minimum Gasteiger partial charge on any atom is -0.472 e. The molecule has 0 bridgehead atoms. The van der Waals surface area contributed by atoms with Crippen molar-refractivity contribution in [3.05, 3.63) is 28.8 Å². The average molecular weight is 564 g/mol. The van der Waals surface area contributed by atoms with Crippen LogP contribution in [0, 0.1) is 5.92 Å². The van der Waals surface area contributed by atoms with Crippen molar-refractivity contribution in [2.45, 2.75) is 89.1 Å². The average Bonchev–Trinajstić information content (AvgIpc) is 3.72. The predicted molar refractivity (Wildman–Crippen MR) is 130 cm³/mol. The number of alkyl halides is 6. The highest BCUT2D eigenvalue weighted by Crippen LogP contribution is 2.49. The van der Waals surface area contributed by atoms with Gasteiger partial charge in [0.2, 0.25) is 0 Å². The maximum atomic E-state index is 13.8. The molecule has 1 amide bonds. The molecule has 3 aliphatic heterocycles. The Labute approximate surface area is 224 Å². The number of carbonyl (C=O) groups excluding carboxylic acids is 1. The first-order chi connectivity index (χ1) is 18.2. The summed E-state index contributed by atoms with van der Waals surface area (Å²) in [7, 11) is 0. The van der Waals surface area contributed by atoms with Crippen molar-refractivity contribution in [2.75, 3.05) is 33.0 Å². The maximum Gasteiger partial charge on any atom is 0.419 e. The molecule has 12 heteroatoms. The summed E-state index contributed by atoms with van der Waals surface area (Å²) in [4.78, 5) is 19.9. The number of piperazine rings is 1. The molecule has 0 N–H and O–H groups in total. The smallest absolute Gasteiger partial charge is 0.419 e. The first-order valence-corrected chi connectivity index (χ1v) is 13.6. The van der Waals surface area contributed by atoms with E-state index in [1.54, 1.807) is 0 Å². The number of hydrogen-bond acceptors (Lipinski definition) is 5. The lowest BCUT2D eigenvalue weighted by Crippen LogP contribution is -2.61. The van der Waals surface area contributed by atoms with Crippen LogP contribution in [-0.4, -0.2) is 77.3 Å². The molecule has 0 unspecified atom stereocenters. The summed E-state index contributed by atoms with van der Waals surface area (Å²) in [5.74, 6) is -1.09. The lowest BCUT2D eigenvalue weighted by atomic mass is 9.85. The Morgan fingerprint density at radius 1 is 1.05 bits per heavy atom. The highest BCUT2D eigenvalue weighted by Gasteiger charge is 2.56. The molecule has 1 aromatic carbocycles. The summed E-state index contributed by atoms with van der Waals surface area (Å²) in [5, 5.41) is 0. The van der Waals surface area contributed by atoms with E-state index >= 15 is 0 Å². The second-order valence-corrected chi connectivity index (χ2v) is 11.6. The zero-order chi connectivity index (χ0) is 28.3. The van der Waals surface area contributed by atoms with E-state index in [4.69, 9.17) is 9.47 Å². The molecular weight excluding hydrogens is 528 g/mol. The van der Waals surface area contributed by atoms with E-state index in [-0.39, 0.29) is 23.6 Å². The largest absolute Gasteiger partial charge is 0.472 e. The van der Waals surface area contributed by atoms with Crippen molar-refractivity contribution in [1.82, 2.24) is 14.7 Å². The molecule has 5 rings (SSSR count). The first-order valence-electron chi connectivity index (χ1n) is 13.6. The van der Waals surface area contributed by atoms with Gasteiger partial charge in [0.05, 0.1) is 24.3 Å². The number of rotatable bonds is 4. The normalized spacial score (nSPS) is 29.3. The van der Waals surface area contributed by atoms with Gasteiger partial charge in [0.25, 0.3) is 5.91 Å². The quantitative estimate of drug-likeness (QED) is 0.475. The fourth-order valence-corrected chi connectivity index (χ4v) is 6.53. The predicted octanol–water partition coefficient (Wildman–Crippen LogP) is 5.15. The maximum absolute atomic E-state index is 13.8. The van der Waals surface area contributed by atoms with Gasteiger partial charge in [0, 0.05) is 43.3 Å². The van der Waals surface area contributed by atoms with Gasteiger partial charge in [-0.1, -0.05) is 0 Å². The van der Waals surface area contributed by atoms with Gasteiger partial charge in [-0.15, -0.1) is 0 Å². The van der Waals surface area contributed by atoms with Crippen LogP contribution in [0.25, 0.3) is 0 Å². The van der Waals surface area contributed by atoms with Crippen molar-refractivity contribution in [3.63, 3.8) is 0 Å². The summed E-state index contributed by atoms with van der Waals surface area (Å²) >= 11 is 0. The first kappa shape index (κ1) is 28.5. The van der Waals surface area contributed by atoms with Crippen molar-refractivity contribution in [2.24, 2.45) is 5.92 Å². The van der Waals surface area contributed by atoms with Crippen LogP contribution >= 0.6 is 0 Å². The summed E-state index contributed by atoms with van der Waals surface area (Å²) < 4.78 is 92.7. The number of benzene rings is 1. The molecule has 0 aromatic heterocycles. The Balaban J connectivity index is 1.32. The number of nitrogens with zero attached hydrogens (tertiary/aromatic N) is 3. The summed E-state index contributed by atoms with van der Waals surface area (Å²) in [6.45, 7) is 8.80. The van der Waals surface area contributed by atoms with E-state index in [2.05, 4.69) is 30.6 Å². The van der Waals surface area contributed by atoms with E-state index in [1.165, 1.54) is 4.90 Å². The number of carbonyl (C=O) groups is 1. The van der Waals surface area contributed by atoms with Crippen molar-refractivity contribution in [1.29, 1.82) is 0 Å². The van der Waals surface area contributed by atoms with Crippen molar-refractivity contribution < 1.29 is 40.6 Å². The van der Waals surface area contributed by atoms with Gasteiger partial charge in [-0.05, 0) is 64.5 Å². The Bertz CT molecular complexity index is 1080. The van der Waals surface area contributed by atoms with Gasteiger partial charge in [0.15, 0.2) is 6.73 Å². The molecule has 218 valence electrons. The third-order valence-electron chi connectivity index (χ3n) is 8.68. The molecule has 2 saturated heterocycles. The van der Waals surface area contributed by atoms with Crippen LogP contribution in [0.15, 0.2) is 12.1 Å². The minimum atomic E-state index is -5.04. The summed E-state index contributed by atoms with van der Waals surface area (Å²) in [6.07, 6.45) is -7.23. The Morgan fingerprint density at radius 3 is 2.31 bits per heavy atom. The lowest BCUT2D eigenvalue weighted by Gasteiger charge is -2.49. The molecule has 3 heterocycles. The number of amides is 1. The molecule has 1 aliphatic carbocycles. The second-order valence-electron chi connectivity index (χ2n) is 11.6. The number of ether oxygens (including phenoxy) is 2. The van der Waals surface area contributed by atoms with Crippen LogP contribution < -0.4 is 4.74 Å². The molecule has 0 radical (unpaired) electrons. The van der Waals surface area contributed by atoms with Gasteiger partial charge in [0.1, 0.15) is 11.4 Å². The van der Waals surface area contributed by atoms with Crippen molar-refractivity contribution >= 4 is 5.91 Å². The Kier molecular flexibility index (Phi) is 7.37. The topological polar surface area (TPSA) is 45.2 Å². The zero-order valence-electron chi connectivity index (χ0n) is 22.4. The molecule has 4 aliphatic rings. The standard InChI is InChI=1S/C27H35F6N3O3/c1-16(2)36-9-8-34(12-17(36)3)21-6-7-25(39-14-21,19-4-5-19)24(37)35-13-18-10-20(26(28,29)30)11-22(27(31,32)33)23(18)38-15-35/h10-11,16-17,19,21H,4-9,12-15H2,1-3H3/t17-,21+,25-/m0/s1. The third kappa shape index (κ3) is 5.48. The Hall–Kier alpha value is -2.05.